The quantitative estimate of drug-likeness (QED) is 0.726. The standard InChI is InChI=1S/C20H15FN2O/c1-24-20-10-8-15(12-18(20)21)14-7-9-19(16(11-14)13-22)23-17-5-3-2-4-6-17/h2-12,23H,1H3. The van der Waals surface area contributed by atoms with Gasteiger partial charge in [-0.05, 0) is 47.5 Å². The first kappa shape index (κ1) is 15.6. The van der Waals surface area contributed by atoms with Crippen molar-refractivity contribution in [3.8, 4) is 22.9 Å². The molecule has 3 nitrogen and oxygen atoms in total. The van der Waals surface area contributed by atoms with Gasteiger partial charge >= 0.3 is 0 Å². The molecule has 1 N–H and O–H groups in total. The number of anilines is 2. The Kier molecular flexibility index (Phi) is 4.44. The van der Waals surface area contributed by atoms with Gasteiger partial charge in [-0.2, -0.15) is 5.26 Å². The van der Waals surface area contributed by atoms with E-state index >= 15 is 0 Å². The van der Waals surface area contributed by atoms with Crippen LogP contribution in [0, 0.1) is 17.1 Å². The number of ether oxygens (including phenoxy) is 1. The van der Waals surface area contributed by atoms with Gasteiger partial charge in [0.05, 0.1) is 18.4 Å². The van der Waals surface area contributed by atoms with Gasteiger partial charge in [0.2, 0.25) is 0 Å². The number of hydrogen-bond acceptors (Lipinski definition) is 3. The summed E-state index contributed by atoms with van der Waals surface area (Å²) in [5.74, 6) is -0.235. The lowest BCUT2D eigenvalue weighted by molar-refractivity contribution is 0.386. The molecule has 0 amide bonds. The molecule has 0 aliphatic rings. The molecule has 0 aromatic heterocycles. The van der Waals surface area contributed by atoms with Crippen molar-refractivity contribution in [1.29, 1.82) is 5.26 Å². The van der Waals surface area contributed by atoms with Gasteiger partial charge in [0.1, 0.15) is 6.07 Å². The number of para-hydroxylation sites is 1. The molecule has 118 valence electrons. The molecule has 0 atom stereocenters. The minimum atomic E-state index is -0.431. The first-order valence-corrected chi connectivity index (χ1v) is 7.41. The normalized spacial score (nSPS) is 10.0. The predicted molar refractivity (Wildman–Crippen MR) is 92.8 cm³/mol. The van der Waals surface area contributed by atoms with Crippen molar-refractivity contribution in [3.05, 3.63) is 78.1 Å². The minimum Gasteiger partial charge on any atom is -0.494 e. The van der Waals surface area contributed by atoms with E-state index in [-0.39, 0.29) is 5.75 Å². The second-order valence-corrected chi connectivity index (χ2v) is 5.21. The number of nitriles is 1. The number of benzene rings is 3. The van der Waals surface area contributed by atoms with Crippen LogP contribution in [0.2, 0.25) is 0 Å². The second-order valence-electron chi connectivity index (χ2n) is 5.21. The van der Waals surface area contributed by atoms with Crippen LogP contribution in [-0.2, 0) is 0 Å². The largest absolute Gasteiger partial charge is 0.494 e. The van der Waals surface area contributed by atoms with Gasteiger partial charge in [0.25, 0.3) is 0 Å². The third kappa shape index (κ3) is 3.21. The Labute approximate surface area is 139 Å². The van der Waals surface area contributed by atoms with E-state index in [1.165, 1.54) is 13.2 Å². The highest BCUT2D eigenvalue weighted by molar-refractivity contribution is 5.74. The summed E-state index contributed by atoms with van der Waals surface area (Å²) < 4.78 is 18.8. The third-order valence-electron chi connectivity index (χ3n) is 3.68. The Morgan fingerprint density at radius 3 is 2.33 bits per heavy atom. The zero-order valence-electron chi connectivity index (χ0n) is 13.1. The summed E-state index contributed by atoms with van der Waals surface area (Å²) in [6.07, 6.45) is 0. The molecule has 3 aromatic carbocycles. The van der Waals surface area contributed by atoms with Crippen molar-refractivity contribution in [3.63, 3.8) is 0 Å². The maximum Gasteiger partial charge on any atom is 0.165 e. The van der Waals surface area contributed by atoms with Crippen molar-refractivity contribution in [2.75, 3.05) is 12.4 Å². The van der Waals surface area contributed by atoms with Crippen molar-refractivity contribution in [2.24, 2.45) is 0 Å². The van der Waals surface area contributed by atoms with Crippen LogP contribution in [0.15, 0.2) is 66.7 Å². The average molecular weight is 318 g/mol. The highest BCUT2D eigenvalue weighted by Gasteiger charge is 2.08. The molecular formula is C20H15FN2O. The van der Waals surface area contributed by atoms with Crippen LogP contribution < -0.4 is 10.1 Å². The SMILES string of the molecule is COc1ccc(-c2ccc(Nc3ccccc3)c(C#N)c2)cc1F. The zero-order chi connectivity index (χ0) is 16.9. The van der Waals surface area contributed by atoms with Gasteiger partial charge in [-0.15, -0.1) is 0 Å². The van der Waals surface area contributed by atoms with E-state index in [0.29, 0.717) is 16.8 Å². The first-order valence-electron chi connectivity index (χ1n) is 7.41. The van der Waals surface area contributed by atoms with E-state index in [1.807, 2.05) is 42.5 Å². The highest BCUT2D eigenvalue weighted by atomic mass is 19.1. The van der Waals surface area contributed by atoms with E-state index in [1.54, 1.807) is 18.2 Å². The molecule has 3 rings (SSSR count). The van der Waals surface area contributed by atoms with Crippen LogP contribution >= 0.6 is 0 Å². The Bertz CT molecular complexity index is 901. The first-order chi connectivity index (χ1) is 11.7. The lowest BCUT2D eigenvalue weighted by Gasteiger charge is -2.11. The Morgan fingerprint density at radius 1 is 0.958 bits per heavy atom. The summed E-state index contributed by atoms with van der Waals surface area (Å²) in [5, 5.41) is 12.6. The van der Waals surface area contributed by atoms with E-state index in [0.717, 1.165) is 11.3 Å². The summed E-state index contributed by atoms with van der Waals surface area (Å²) >= 11 is 0. The van der Waals surface area contributed by atoms with Crippen LogP contribution in [-0.4, -0.2) is 7.11 Å². The summed E-state index contributed by atoms with van der Waals surface area (Å²) in [7, 11) is 1.43. The molecule has 4 heteroatoms. The molecule has 0 radical (unpaired) electrons. The summed E-state index contributed by atoms with van der Waals surface area (Å²) in [5.41, 5.74) is 3.56. The molecule has 0 unspecified atom stereocenters. The van der Waals surface area contributed by atoms with Gasteiger partial charge < -0.3 is 10.1 Å². The van der Waals surface area contributed by atoms with Gasteiger partial charge in [-0.25, -0.2) is 4.39 Å². The minimum absolute atomic E-state index is 0.196. The summed E-state index contributed by atoms with van der Waals surface area (Å²) in [6, 6.07) is 22.0. The second kappa shape index (κ2) is 6.84. The van der Waals surface area contributed by atoms with Gasteiger partial charge in [-0.3, -0.25) is 0 Å². The van der Waals surface area contributed by atoms with Crippen LogP contribution in [0.1, 0.15) is 5.56 Å². The summed E-state index contributed by atoms with van der Waals surface area (Å²) in [4.78, 5) is 0. The van der Waals surface area contributed by atoms with Crippen LogP contribution in [0.4, 0.5) is 15.8 Å². The van der Waals surface area contributed by atoms with Crippen molar-refractivity contribution in [2.45, 2.75) is 0 Å². The van der Waals surface area contributed by atoms with E-state index in [9.17, 15) is 9.65 Å². The number of nitrogens with zero attached hydrogens (tertiary/aromatic N) is 1. The molecule has 0 heterocycles. The molecule has 24 heavy (non-hydrogen) atoms. The predicted octanol–water partition coefficient (Wildman–Crippen LogP) is 5.12. The summed E-state index contributed by atoms with van der Waals surface area (Å²) in [6.45, 7) is 0. The van der Waals surface area contributed by atoms with Gasteiger partial charge in [-0.1, -0.05) is 30.3 Å². The lowest BCUT2D eigenvalue weighted by Crippen LogP contribution is -1.94. The molecule has 0 bridgehead atoms. The van der Waals surface area contributed by atoms with Gasteiger partial charge in [0.15, 0.2) is 11.6 Å². The Balaban J connectivity index is 1.95. The lowest BCUT2D eigenvalue weighted by atomic mass is 10.0. The topological polar surface area (TPSA) is 45.0 Å². The van der Waals surface area contributed by atoms with Crippen molar-refractivity contribution >= 4 is 11.4 Å². The number of nitrogens with one attached hydrogen (secondary N) is 1. The third-order valence-corrected chi connectivity index (χ3v) is 3.68. The Morgan fingerprint density at radius 2 is 1.67 bits per heavy atom. The van der Waals surface area contributed by atoms with E-state index in [2.05, 4.69) is 11.4 Å². The maximum absolute atomic E-state index is 13.9. The molecule has 0 saturated carbocycles. The molecule has 0 aliphatic heterocycles. The fraction of sp³-hybridized carbons (Fsp3) is 0.0500. The highest BCUT2D eigenvalue weighted by Crippen LogP contribution is 2.29. The van der Waals surface area contributed by atoms with Crippen molar-refractivity contribution in [1.82, 2.24) is 0 Å². The smallest absolute Gasteiger partial charge is 0.165 e. The number of hydrogen-bond donors (Lipinski definition) is 1. The molecule has 0 saturated heterocycles. The maximum atomic E-state index is 13.9. The van der Waals surface area contributed by atoms with Crippen LogP contribution in [0.3, 0.4) is 0 Å². The zero-order valence-corrected chi connectivity index (χ0v) is 13.1. The monoisotopic (exact) mass is 318 g/mol. The molecule has 3 aromatic rings. The average Bonchev–Trinajstić information content (AvgIpc) is 2.63. The number of halogens is 1. The Hall–Kier alpha value is -3.32. The van der Waals surface area contributed by atoms with E-state index in [4.69, 9.17) is 4.74 Å². The fourth-order valence-corrected chi connectivity index (χ4v) is 2.45. The molecule has 0 aliphatic carbocycles. The molecular weight excluding hydrogens is 303 g/mol. The number of rotatable bonds is 4. The van der Waals surface area contributed by atoms with Crippen molar-refractivity contribution < 1.29 is 9.13 Å². The fourth-order valence-electron chi connectivity index (χ4n) is 2.45. The van der Waals surface area contributed by atoms with Crippen LogP contribution in [0.5, 0.6) is 5.75 Å². The molecule has 0 fully saturated rings. The van der Waals surface area contributed by atoms with Crippen LogP contribution in [0.25, 0.3) is 11.1 Å². The molecule has 0 spiro atoms. The van der Waals surface area contributed by atoms with E-state index < -0.39 is 5.82 Å². The number of methoxy groups -OCH3 is 1. The van der Waals surface area contributed by atoms with Gasteiger partial charge in [0, 0.05) is 5.69 Å².